The van der Waals surface area contributed by atoms with Crippen molar-refractivity contribution in [2.24, 2.45) is 0 Å². The summed E-state index contributed by atoms with van der Waals surface area (Å²) in [6.45, 7) is 1.87. The first kappa shape index (κ1) is 18.3. The molecule has 0 spiro atoms. The Hall–Kier alpha value is -1.47. The number of carbonyl (C=O) groups is 1. The monoisotopic (exact) mass is 414 g/mol. The zero-order chi connectivity index (χ0) is 18.0. The van der Waals surface area contributed by atoms with E-state index in [0.717, 1.165) is 30.5 Å². The van der Waals surface area contributed by atoms with Crippen molar-refractivity contribution in [1.29, 1.82) is 0 Å². The van der Waals surface area contributed by atoms with Gasteiger partial charge >= 0.3 is 6.61 Å². The number of nitrogens with zero attached hydrogens (tertiary/aromatic N) is 2. The standard InChI is InChI=1S/C18H21BrF2N2O2/c1-12-10-22-8-2-3-15(22)11-23(12)17(24)7-4-13-9-14(19)5-6-16(13)25-18(20)21/h4-7,9,12,15,18H,2-3,8,10-11H2,1H3/b7-4+. The predicted octanol–water partition coefficient (Wildman–Crippen LogP) is 3.76. The number of carbonyl (C=O) groups excluding carboxylic acids is 1. The third-order valence-electron chi connectivity index (χ3n) is 4.81. The van der Waals surface area contributed by atoms with Crippen molar-refractivity contribution in [2.75, 3.05) is 19.6 Å². The van der Waals surface area contributed by atoms with Gasteiger partial charge in [-0.3, -0.25) is 9.69 Å². The van der Waals surface area contributed by atoms with Crippen LogP contribution in [-0.2, 0) is 4.79 Å². The number of hydrogen-bond donors (Lipinski definition) is 0. The van der Waals surface area contributed by atoms with E-state index in [9.17, 15) is 13.6 Å². The van der Waals surface area contributed by atoms with Gasteiger partial charge in [-0.05, 0) is 50.6 Å². The number of rotatable bonds is 4. The van der Waals surface area contributed by atoms with Crippen LogP contribution >= 0.6 is 15.9 Å². The second-order valence-electron chi connectivity index (χ2n) is 6.52. The molecule has 2 heterocycles. The Morgan fingerprint density at radius 3 is 2.96 bits per heavy atom. The van der Waals surface area contributed by atoms with Gasteiger partial charge in [0.05, 0.1) is 0 Å². The Balaban J connectivity index is 1.73. The minimum atomic E-state index is -2.90. The van der Waals surface area contributed by atoms with E-state index in [1.54, 1.807) is 18.2 Å². The van der Waals surface area contributed by atoms with E-state index >= 15 is 0 Å². The van der Waals surface area contributed by atoms with Gasteiger partial charge in [-0.2, -0.15) is 8.78 Å². The van der Waals surface area contributed by atoms with E-state index < -0.39 is 6.61 Å². The molecule has 2 unspecified atom stereocenters. The van der Waals surface area contributed by atoms with Crippen molar-refractivity contribution in [2.45, 2.75) is 38.5 Å². The largest absolute Gasteiger partial charge is 0.434 e. The average Bonchev–Trinajstić information content (AvgIpc) is 3.00. The lowest BCUT2D eigenvalue weighted by molar-refractivity contribution is -0.131. The molecule has 0 N–H and O–H groups in total. The van der Waals surface area contributed by atoms with Crippen LogP contribution in [0.3, 0.4) is 0 Å². The highest BCUT2D eigenvalue weighted by Crippen LogP contribution is 2.27. The molecular formula is C18H21BrF2N2O2. The first-order valence-corrected chi connectivity index (χ1v) is 9.20. The number of halogens is 3. The summed E-state index contributed by atoms with van der Waals surface area (Å²) in [6, 6.07) is 5.32. The highest BCUT2D eigenvalue weighted by atomic mass is 79.9. The molecule has 2 aliphatic rings. The molecule has 3 rings (SSSR count). The summed E-state index contributed by atoms with van der Waals surface area (Å²) < 4.78 is 30.3. The van der Waals surface area contributed by atoms with E-state index in [1.807, 2.05) is 11.8 Å². The van der Waals surface area contributed by atoms with Crippen LogP contribution in [-0.4, -0.2) is 54.0 Å². The molecule has 1 aromatic rings. The van der Waals surface area contributed by atoms with Crippen molar-refractivity contribution < 1.29 is 18.3 Å². The summed E-state index contributed by atoms with van der Waals surface area (Å²) in [4.78, 5) is 16.9. The predicted molar refractivity (Wildman–Crippen MR) is 95.6 cm³/mol. The first-order chi connectivity index (χ1) is 11.9. The van der Waals surface area contributed by atoms with Gasteiger partial charge in [-0.1, -0.05) is 15.9 Å². The molecule has 7 heteroatoms. The second-order valence-corrected chi connectivity index (χ2v) is 7.44. The van der Waals surface area contributed by atoms with Crippen molar-refractivity contribution in [3.63, 3.8) is 0 Å². The van der Waals surface area contributed by atoms with Gasteiger partial charge in [-0.15, -0.1) is 0 Å². The summed E-state index contributed by atoms with van der Waals surface area (Å²) in [5, 5.41) is 0. The minimum Gasteiger partial charge on any atom is -0.434 e. The summed E-state index contributed by atoms with van der Waals surface area (Å²) >= 11 is 3.31. The van der Waals surface area contributed by atoms with E-state index in [4.69, 9.17) is 0 Å². The molecule has 136 valence electrons. The Morgan fingerprint density at radius 1 is 1.40 bits per heavy atom. The maximum atomic E-state index is 12.6. The quantitative estimate of drug-likeness (QED) is 0.703. The number of benzene rings is 1. The van der Waals surface area contributed by atoms with Crippen molar-refractivity contribution in [3.8, 4) is 5.75 Å². The number of hydrogen-bond acceptors (Lipinski definition) is 3. The molecule has 2 fully saturated rings. The molecule has 2 aliphatic heterocycles. The van der Waals surface area contributed by atoms with E-state index in [-0.39, 0.29) is 17.7 Å². The molecule has 2 saturated heterocycles. The lowest BCUT2D eigenvalue weighted by Gasteiger charge is -2.41. The molecular weight excluding hydrogens is 394 g/mol. The molecule has 0 saturated carbocycles. The van der Waals surface area contributed by atoms with Gasteiger partial charge in [0.2, 0.25) is 5.91 Å². The van der Waals surface area contributed by atoms with Crippen molar-refractivity contribution in [1.82, 2.24) is 9.80 Å². The maximum Gasteiger partial charge on any atom is 0.387 e. The van der Waals surface area contributed by atoms with Gasteiger partial charge in [0.15, 0.2) is 0 Å². The fourth-order valence-corrected chi connectivity index (χ4v) is 3.98. The maximum absolute atomic E-state index is 12.6. The third-order valence-corrected chi connectivity index (χ3v) is 5.31. The number of amides is 1. The molecule has 1 amide bonds. The van der Waals surface area contributed by atoms with Crippen LogP contribution in [0.25, 0.3) is 6.08 Å². The van der Waals surface area contributed by atoms with Gasteiger partial charge in [-0.25, -0.2) is 0 Å². The summed E-state index contributed by atoms with van der Waals surface area (Å²) in [5.74, 6) is -0.0436. The SMILES string of the molecule is CC1CN2CCCC2CN1C(=O)/C=C/c1cc(Br)ccc1OC(F)F. The van der Waals surface area contributed by atoms with Crippen molar-refractivity contribution in [3.05, 3.63) is 34.3 Å². The lowest BCUT2D eigenvalue weighted by atomic mass is 10.1. The minimum absolute atomic E-state index is 0.0518. The zero-order valence-corrected chi connectivity index (χ0v) is 15.6. The van der Waals surface area contributed by atoms with Crippen LogP contribution in [0.4, 0.5) is 8.78 Å². The summed E-state index contributed by atoms with van der Waals surface area (Å²) in [5.41, 5.74) is 0.440. The number of alkyl halides is 2. The van der Waals surface area contributed by atoms with Gasteiger partial charge in [0.25, 0.3) is 0 Å². The Labute approximate surface area is 154 Å². The van der Waals surface area contributed by atoms with Gasteiger partial charge in [0, 0.05) is 41.3 Å². The molecule has 0 aliphatic carbocycles. The number of fused-ring (bicyclic) bond motifs is 1. The molecule has 4 nitrogen and oxygen atoms in total. The molecule has 0 aromatic heterocycles. The van der Waals surface area contributed by atoms with Crippen molar-refractivity contribution >= 4 is 27.9 Å². The van der Waals surface area contributed by atoms with Crippen LogP contribution in [0.2, 0.25) is 0 Å². The van der Waals surface area contributed by atoms with Gasteiger partial charge in [0.1, 0.15) is 5.75 Å². The normalized spacial score (nSPS) is 24.1. The lowest BCUT2D eigenvalue weighted by Crippen LogP contribution is -2.56. The van der Waals surface area contributed by atoms with Gasteiger partial charge < -0.3 is 9.64 Å². The molecule has 25 heavy (non-hydrogen) atoms. The molecule has 0 bridgehead atoms. The van der Waals surface area contributed by atoms with Crippen LogP contribution in [0.15, 0.2) is 28.7 Å². The second kappa shape index (κ2) is 7.83. The van der Waals surface area contributed by atoms with Crippen LogP contribution in [0.1, 0.15) is 25.3 Å². The topological polar surface area (TPSA) is 32.8 Å². The summed E-state index contributed by atoms with van der Waals surface area (Å²) in [7, 11) is 0. The van der Waals surface area contributed by atoms with Crippen LogP contribution in [0, 0.1) is 0 Å². The average molecular weight is 415 g/mol. The number of ether oxygens (including phenoxy) is 1. The Morgan fingerprint density at radius 2 is 2.20 bits per heavy atom. The smallest absolute Gasteiger partial charge is 0.387 e. The highest BCUT2D eigenvalue weighted by molar-refractivity contribution is 9.10. The third kappa shape index (κ3) is 4.39. The fourth-order valence-electron chi connectivity index (χ4n) is 3.60. The fraction of sp³-hybridized carbons (Fsp3) is 0.500. The Kier molecular flexibility index (Phi) is 5.74. The van der Waals surface area contributed by atoms with Crippen LogP contribution in [0.5, 0.6) is 5.75 Å². The molecule has 0 radical (unpaired) electrons. The Bertz CT molecular complexity index is 668. The highest BCUT2D eigenvalue weighted by Gasteiger charge is 2.35. The van der Waals surface area contributed by atoms with E-state index in [0.29, 0.717) is 11.6 Å². The van der Waals surface area contributed by atoms with E-state index in [2.05, 4.69) is 25.6 Å². The molecule has 2 atom stereocenters. The van der Waals surface area contributed by atoms with E-state index in [1.165, 1.54) is 18.6 Å². The molecule has 1 aromatic carbocycles. The first-order valence-electron chi connectivity index (χ1n) is 8.41. The summed E-state index contributed by atoms with van der Waals surface area (Å²) in [6.07, 6.45) is 5.29. The number of piperazine rings is 1. The van der Waals surface area contributed by atoms with Crippen LogP contribution < -0.4 is 4.74 Å². The zero-order valence-electron chi connectivity index (χ0n) is 14.0.